The number of carbonyl (C=O) groups excluding carboxylic acids is 1. The summed E-state index contributed by atoms with van der Waals surface area (Å²) in [6.45, 7) is 3.86. The van der Waals surface area contributed by atoms with Crippen LogP contribution in [-0.4, -0.2) is 29.9 Å². The fourth-order valence-electron chi connectivity index (χ4n) is 1.46. The van der Waals surface area contributed by atoms with Crippen LogP contribution in [0.4, 0.5) is 0 Å². The standard InChI is InChI=1S/C13H18O4/c1-13(2,8-14)10-6-4-9(5-7-10)11(15)12(16)17-3/h4-7,11,14-15H,8H2,1-3H3. The van der Waals surface area contributed by atoms with E-state index in [1.54, 1.807) is 24.3 Å². The van der Waals surface area contributed by atoms with Gasteiger partial charge in [-0.25, -0.2) is 4.79 Å². The Morgan fingerprint density at radius 3 is 2.29 bits per heavy atom. The molecule has 94 valence electrons. The zero-order valence-corrected chi connectivity index (χ0v) is 10.3. The van der Waals surface area contributed by atoms with E-state index in [0.717, 1.165) is 5.56 Å². The van der Waals surface area contributed by atoms with Crippen LogP contribution in [0.3, 0.4) is 0 Å². The van der Waals surface area contributed by atoms with Gasteiger partial charge < -0.3 is 14.9 Å². The maximum Gasteiger partial charge on any atom is 0.339 e. The van der Waals surface area contributed by atoms with Crippen molar-refractivity contribution in [3.05, 3.63) is 35.4 Å². The first kappa shape index (κ1) is 13.7. The zero-order valence-electron chi connectivity index (χ0n) is 10.3. The summed E-state index contributed by atoms with van der Waals surface area (Å²) in [6.07, 6.45) is -1.26. The molecule has 17 heavy (non-hydrogen) atoms. The van der Waals surface area contributed by atoms with Crippen molar-refractivity contribution in [2.75, 3.05) is 13.7 Å². The topological polar surface area (TPSA) is 66.8 Å². The fourth-order valence-corrected chi connectivity index (χ4v) is 1.46. The molecule has 4 heteroatoms. The average Bonchev–Trinajstić information content (AvgIpc) is 2.37. The normalized spacial score (nSPS) is 13.2. The minimum absolute atomic E-state index is 0.0336. The molecule has 4 nitrogen and oxygen atoms in total. The van der Waals surface area contributed by atoms with Gasteiger partial charge in [0.1, 0.15) is 0 Å². The summed E-state index contributed by atoms with van der Waals surface area (Å²) in [7, 11) is 1.23. The van der Waals surface area contributed by atoms with Crippen LogP contribution in [0.5, 0.6) is 0 Å². The van der Waals surface area contributed by atoms with Crippen LogP contribution >= 0.6 is 0 Å². The highest BCUT2D eigenvalue weighted by molar-refractivity contribution is 5.76. The first-order chi connectivity index (χ1) is 7.92. The first-order valence-electron chi connectivity index (χ1n) is 5.39. The number of aliphatic hydroxyl groups is 2. The Labute approximate surface area is 101 Å². The van der Waals surface area contributed by atoms with E-state index >= 15 is 0 Å². The largest absolute Gasteiger partial charge is 0.467 e. The predicted octanol–water partition coefficient (Wildman–Crippen LogP) is 1.16. The molecule has 0 radical (unpaired) electrons. The van der Waals surface area contributed by atoms with Crippen molar-refractivity contribution in [3.8, 4) is 0 Å². The van der Waals surface area contributed by atoms with Gasteiger partial charge in [-0.15, -0.1) is 0 Å². The van der Waals surface area contributed by atoms with Gasteiger partial charge in [0.05, 0.1) is 13.7 Å². The summed E-state index contributed by atoms with van der Waals surface area (Å²) >= 11 is 0. The Hall–Kier alpha value is -1.39. The molecular formula is C13H18O4. The van der Waals surface area contributed by atoms with Crippen LogP contribution in [-0.2, 0) is 14.9 Å². The molecule has 1 atom stereocenters. The van der Waals surface area contributed by atoms with Crippen LogP contribution in [0.2, 0.25) is 0 Å². The molecule has 0 amide bonds. The van der Waals surface area contributed by atoms with E-state index in [2.05, 4.69) is 4.74 Å². The number of rotatable bonds is 4. The number of hydrogen-bond donors (Lipinski definition) is 2. The molecule has 0 fully saturated rings. The third kappa shape index (κ3) is 3.05. The average molecular weight is 238 g/mol. The number of benzene rings is 1. The van der Waals surface area contributed by atoms with Crippen molar-refractivity contribution >= 4 is 5.97 Å². The van der Waals surface area contributed by atoms with Gasteiger partial charge in [-0.1, -0.05) is 38.1 Å². The van der Waals surface area contributed by atoms with Gasteiger partial charge in [0, 0.05) is 5.41 Å². The summed E-state index contributed by atoms with van der Waals surface area (Å²) < 4.78 is 4.46. The van der Waals surface area contributed by atoms with Crippen molar-refractivity contribution < 1.29 is 19.7 Å². The minimum atomic E-state index is -1.26. The Bertz CT molecular complexity index is 381. The minimum Gasteiger partial charge on any atom is -0.467 e. The van der Waals surface area contributed by atoms with Gasteiger partial charge in [0.2, 0.25) is 0 Å². The fraction of sp³-hybridized carbons (Fsp3) is 0.462. The third-order valence-corrected chi connectivity index (χ3v) is 2.83. The predicted molar refractivity (Wildman–Crippen MR) is 63.5 cm³/mol. The van der Waals surface area contributed by atoms with Gasteiger partial charge in [0.25, 0.3) is 0 Å². The van der Waals surface area contributed by atoms with E-state index < -0.39 is 12.1 Å². The lowest BCUT2D eigenvalue weighted by Gasteiger charge is -2.22. The second-order valence-corrected chi connectivity index (χ2v) is 4.59. The zero-order chi connectivity index (χ0) is 13.1. The molecule has 0 aromatic heterocycles. The van der Waals surface area contributed by atoms with Crippen LogP contribution in [0.1, 0.15) is 31.1 Å². The highest BCUT2D eigenvalue weighted by atomic mass is 16.5. The molecule has 2 N–H and O–H groups in total. The van der Waals surface area contributed by atoms with Gasteiger partial charge in [-0.2, -0.15) is 0 Å². The molecule has 1 aromatic carbocycles. The van der Waals surface area contributed by atoms with Gasteiger partial charge in [-0.3, -0.25) is 0 Å². The lowest BCUT2D eigenvalue weighted by Crippen LogP contribution is -2.22. The van der Waals surface area contributed by atoms with Crippen LogP contribution in [0.15, 0.2) is 24.3 Å². The second-order valence-electron chi connectivity index (χ2n) is 4.59. The number of aliphatic hydroxyl groups excluding tert-OH is 2. The number of ether oxygens (including phenoxy) is 1. The summed E-state index contributed by atoms with van der Waals surface area (Å²) in [4.78, 5) is 11.1. The summed E-state index contributed by atoms with van der Waals surface area (Å²) in [5.74, 6) is -0.681. The molecular weight excluding hydrogens is 220 g/mol. The maximum atomic E-state index is 11.1. The van der Waals surface area contributed by atoms with Crippen molar-refractivity contribution in [1.82, 2.24) is 0 Å². The number of methoxy groups -OCH3 is 1. The van der Waals surface area contributed by atoms with Crippen LogP contribution in [0.25, 0.3) is 0 Å². The van der Waals surface area contributed by atoms with Crippen molar-refractivity contribution in [3.63, 3.8) is 0 Å². The van der Waals surface area contributed by atoms with Gasteiger partial charge >= 0.3 is 5.97 Å². The quantitative estimate of drug-likeness (QED) is 0.772. The SMILES string of the molecule is COC(=O)C(O)c1ccc(C(C)(C)CO)cc1. The molecule has 1 rings (SSSR count). The Balaban J connectivity index is 2.92. The third-order valence-electron chi connectivity index (χ3n) is 2.83. The Morgan fingerprint density at radius 1 is 1.35 bits per heavy atom. The molecule has 0 heterocycles. The summed E-state index contributed by atoms with van der Waals surface area (Å²) in [5, 5.41) is 18.8. The van der Waals surface area contributed by atoms with Crippen molar-refractivity contribution in [2.45, 2.75) is 25.4 Å². The number of esters is 1. The molecule has 0 aliphatic carbocycles. The summed E-state index contributed by atoms with van der Waals surface area (Å²) in [5.41, 5.74) is 1.09. The molecule has 0 bridgehead atoms. The number of hydrogen-bond acceptors (Lipinski definition) is 4. The van der Waals surface area contributed by atoms with E-state index in [9.17, 15) is 15.0 Å². The monoisotopic (exact) mass is 238 g/mol. The molecule has 0 aliphatic heterocycles. The van der Waals surface area contributed by atoms with Gasteiger partial charge in [-0.05, 0) is 11.1 Å². The van der Waals surface area contributed by atoms with Crippen LogP contribution in [0, 0.1) is 0 Å². The molecule has 1 aromatic rings. The van der Waals surface area contributed by atoms with E-state index in [4.69, 9.17) is 0 Å². The maximum absolute atomic E-state index is 11.1. The Kier molecular flexibility index (Phi) is 4.26. The highest BCUT2D eigenvalue weighted by Gasteiger charge is 2.21. The lowest BCUT2D eigenvalue weighted by atomic mass is 9.85. The first-order valence-corrected chi connectivity index (χ1v) is 5.39. The molecule has 1 unspecified atom stereocenters. The lowest BCUT2D eigenvalue weighted by molar-refractivity contribution is -0.150. The second kappa shape index (κ2) is 5.29. The number of carbonyl (C=O) groups is 1. The molecule has 0 aliphatic rings. The highest BCUT2D eigenvalue weighted by Crippen LogP contribution is 2.24. The van der Waals surface area contributed by atoms with Crippen LogP contribution < -0.4 is 0 Å². The van der Waals surface area contributed by atoms with E-state index in [0.29, 0.717) is 5.56 Å². The smallest absolute Gasteiger partial charge is 0.339 e. The van der Waals surface area contributed by atoms with Crippen molar-refractivity contribution in [1.29, 1.82) is 0 Å². The summed E-state index contributed by atoms with van der Waals surface area (Å²) in [6, 6.07) is 6.90. The van der Waals surface area contributed by atoms with E-state index in [-0.39, 0.29) is 12.0 Å². The van der Waals surface area contributed by atoms with Gasteiger partial charge in [0.15, 0.2) is 6.10 Å². The van der Waals surface area contributed by atoms with E-state index in [1.165, 1.54) is 7.11 Å². The molecule has 0 saturated heterocycles. The van der Waals surface area contributed by atoms with E-state index in [1.807, 2.05) is 13.8 Å². The molecule has 0 saturated carbocycles. The Morgan fingerprint density at radius 2 is 1.88 bits per heavy atom. The van der Waals surface area contributed by atoms with Crippen molar-refractivity contribution in [2.24, 2.45) is 0 Å². The molecule has 0 spiro atoms.